The molecule has 1 heterocycles. The van der Waals surface area contributed by atoms with Crippen LogP contribution in [0.3, 0.4) is 0 Å². The number of aromatic nitrogens is 2. The number of carbonyl (C=O) groups is 2. The molecule has 0 aliphatic carbocycles. The maximum absolute atomic E-state index is 12.3. The zero-order chi connectivity index (χ0) is 21.5. The van der Waals surface area contributed by atoms with E-state index < -0.39 is 30.8 Å². The predicted octanol–water partition coefficient (Wildman–Crippen LogP) is 2.81. The van der Waals surface area contributed by atoms with Crippen LogP contribution >= 0.6 is 0 Å². The van der Waals surface area contributed by atoms with Crippen molar-refractivity contribution in [2.24, 2.45) is 0 Å². The van der Waals surface area contributed by atoms with Crippen molar-refractivity contribution in [2.45, 2.75) is 33.2 Å². The molecule has 1 aromatic heterocycles. The third-order valence-electron chi connectivity index (χ3n) is 4.53. The molecule has 3 aromatic rings. The summed E-state index contributed by atoms with van der Waals surface area (Å²) in [5.74, 6) is -1.88. The second kappa shape index (κ2) is 9.69. The fourth-order valence-corrected chi connectivity index (χ4v) is 3.00. The van der Waals surface area contributed by atoms with Gasteiger partial charge in [-0.05, 0) is 36.1 Å². The van der Waals surface area contributed by atoms with Crippen molar-refractivity contribution >= 4 is 17.6 Å². The number of anilines is 1. The number of nitrogens with zero attached hydrogens (tertiary/aromatic N) is 2. The smallest absolute Gasteiger partial charge is 0.437 e. The molecule has 156 valence electrons. The monoisotopic (exact) mass is 409 g/mol. The van der Waals surface area contributed by atoms with E-state index in [9.17, 15) is 14.4 Å². The Morgan fingerprint density at radius 2 is 1.70 bits per heavy atom. The second-order valence-corrected chi connectivity index (χ2v) is 6.56. The van der Waals surface area contributed by atoms with Crippen LogP contribution in [0, 0.1) is 0 Å². The number of amides is 1. The van der Waals surface area contributed by atoms with Crippen molar-refractivity contribution in [3.63, 3.8) is 0 Å². The largest absolute Gasteiger partial charge is 0.454 e. The minimum Gasteiger partial charge on any atom is -0.454 e. The van der Waals surface area contributed by atoms with Crippen LogP contribution in [0.4, 0.5) is 5.69 Å². The second-order valence-electron chi connectivity index (χ2n) is 6.56. The van der Waals surface area contributed by atoms with Gasteiger partial charge in [-0.15, -0.1) is 5.10 Å². The van der Waals surface area contributed by atoms with Gasteiger partial charge in [-0.25, -0.2) is 4.79 Å². The molecule has 1 N–H and O–H groups in total. The highest BCUT2D eigenvalue weighted by Gasteiger charge is 2.16. The van der Waals surface area contributed by atoms with Crippen LogP contribution in [0.25, 0.3) is 11.5 Å². The summed E-state index contributed by atoms with van der Waals surface area (Å²) in [7, 11) is 0. The summed E-state index contributed by atoms with van der Waals surface area (Å²) in [4.78, 5) is 36.3. The molecule has 0 aliphatic rings. The zero-order valence-corrected chi connectivity index (χ0v) is 16.9. The number of carbonyl (C=O) groups excluding carboxylic acids is 2. The van der Waals surface area contributed by atoms with Crippen LogP contribution in [0.1, 0.15) is 25.0 Å². The summed E-state index contributed by atoms with van der Waals surface area (Å²) < 4.78 is 10.9. The number of nitrogens with one attached hydrogen (secondary N) is 1. The third kappa shape index (κ3) is 5.02. The Balaban J connectivity index is 1.59. The normalized spacial score (nSPS) is 10.6. The van der Waals surface area contributed by atoms with Crippen LogP contribution in [-0.2, 0) is 33.7 Å². The maximum atomic E-state index is 12.3. The molecule has 0 radical (unpaired) electrons. The van der Waals surface area contributed by atoms with E-state index in [0.717, 1.165) is 34.3 Å². The van der Waals surface area contributed by atoms with E-state index in [-0.39, 0.29) is 5.89 Å². The minimum atomic E-state index is -0.778. The summed E-state index contributed by atoms with van der Waals surface area (Å²) >= 11 is 0. The van der Waals surface area contributed by atoms with Gasteiger partial charge in [0, 0.05) is 11.3 Å². The minimum absolute atomic E-state index is 0.106. The molecule has 0 saturated carbocycles. The van der Waals surface area contributed by atoms with Crippen LogP contribution in [-0.4, -0.2) is 28.3 Å². The van der Waals surface area contributed by atoms with Crippen LogP contribution in [0.15, 0.2) is 57.7 Å². The Morgan fingerprint density at radius 3 is 2.33 bits per heavy atom. The fraction of sp³-hybridized carbons (Fsp3) is 0.273. The lowest BCUT2D eigenvalue weighted by Crippen LogP contribution is -2.27. The Bertz CT molecular complexity index is 1060. The van der Waals surface area contributed by atoms with Gasteiger partial charge in [0.15, 0.2) is 6.61 Å². The zero-order valence-electron chi connectivity index (χ0n) is 16.9. The van der Waals surface area contributed by atoms with Gasteiger partial charge < -0.3 is 14.5 Å². The Labute approximate surface area is 173 Å². The van der Waals surface area contributed by atoms with E-state index in [2.05, 4.69) is 10.4 Å². The van der Waals surface area contributed by atoms with Gasteiger partial charge in [0.05, 0.1) is 0 Å². The molecule has 1 amide bonds. The maximum Gasteiger partial charge on any atom is 0.437 e. The lowest BCUT2D eigenvalue weighted by atomic mass is 10.0. The number of benzene rings is 2. The molecule has 2 aromatic carbocycles. The first-order valence-electron chi connectivity index (χ1n) is 9.71. The SMILES string of the molecule is CCc1cccc(CC)c1NC(=O)COC(=O)Cn1nc(-c2ccccc2)oc1=O. The summed E-state index contributed by atoms with van der Waals surface area (Å²) in [6.45, 7) is 3.10. The van der Waals surface area contributed by atoms with Crippen molar-refractivity contribution in [1.82, 2.24) is 9.78 Å². The molecule has 0 aliphatic heterocycles. The highest BCUT2D eigenvalue weighted by molar-refractivity contribution is 5.94. The van der Waals surface area contributed by atoms with Gasteiger partial charge in [0.2, 0.25) is 5.89 Å². The summed E-state index contributed by atoms with van der Waals surface area (Å²) in [6, 6.07) is 14.7. The van der Waals surface area contributed by atoms with Gasteiger partial charge in [0.25, 0.3) is 5.91 Å². The molecule has 0 saturated heterocycles. The predicted molar refractivity (Wildman–Crippen MR) is 111 cm³/mol. The number of ether oxygens (including phenoxy) is 1. The lowest BCUT2D eigenvalue weighted by Gasteiger charge is -2.14. The van der Waals surface area contributed by atoms with E-state index in [0.29, 0.717) is 5.56 Å². The summed E-state index contributed by atoms with van der Waals surface area (Å²) in [5.41, 5.74) is 3.39. The van der Waals surface area contributed by atoms with E-state index in [4.69, 9.17) is 9.15 Å². The third-order valence-corrected chi connectivity index (χ3v) is 4.53. The highest BCUT2D eigenvalue weighted by Crippen LogP contribution is 2.22. The molecule has 8 nitrogen and oxygen atoms in total. The molecule has 0 atom stereocenters. The standard InChI is InChI=1S/C22H23N3O5/c1-3-15-11-8-12-16(4-2)20(15)23-18(26)14-29-19(27)13-25-22(28)30-21(24-25)17-9-6-5-7-10-17/h5-12H,3-4,13-14H2,1-2H3,(H,23,26). The van der Waals surface area contributed by atoms with E-state index in [1.54, 1.807) is 24.3 Å². The highest BCUT2D eigenvalue weighted by atomic mass is 16.5. The van der Waals surface area contributed by atoms with Crippen molar-refractivity contribution in [3.8, 4) is 11.5 Å². The van der Waals surface area contributed by atoms with E-state index >= 15 is 0 Å². The topological polar surface area (TPSA) is 103 Å². The first kappa shape index (κ1) is 21.0. The van der Waals surface area contributed by atoms with Crippen LogP contribution in [0.2, 0.25) is 0 Å². The lowest BCUT2D eigenvalue weighted by molar-refractivity contribution is -0.148. The first-order chi connectivity index (χ1) is 14.5. The number of para-hydroxylation sites is 1. The van der Waals surface area contributed by atoms with Crippen molar-refractivity contribution in [2.75, 3.05) is 11.9 Å². The summed E-state index contributed by atoms with van der Waals surface area (Å²) in [6.07, 6.45) is 1.53. The van der Waals surface area contributed by atoms with E-state index in [1.807, 2.05) is 38.1 Å². The quantitative estimate of drug-likeness (QED) is 0.574. The van der Waals surface area contributed by atoms with Crippen LogP contribution < -0.4 is 11.1 Å². The summed E-state index contributed by atoms with van der Waals surface area (Å²) in [5, 5.41) is 6.81. The Morgan fingerprint density at radius 1 is 1.03 bits per heavy atom. The number of aryl methyl sites for hydroxylation is 2. The van der Waals surface area contributed by atoms with Gasteiger partial charge in [0.1, 0.15) is 6.54 Å². The fourth-order valence-electron chi connectivity index (χ4n) is 3.00. The number of hydrogen-bond donors (Lipinski definition) is 1. The number of esters is 1. The molecular weight excluding hydrogens is 386 g/mol. The van der Waals surface area contributed by atoms with Crippen molar-refractivity contribution < 1.29 is 18.7 Å². The molecule has 0 unspecified atom stereocenters. The molecule has 0 bridgehead atoms. The molecule has 8 heteroatoms. The number of rotatable bonds is 8. The molecular formula is C22H23N3O5. The van der Waals surface area contributed by atoms with Crippen LogP contribution in [0.5, 0.6) is 0 Å². The molecule has 0 fully saturated rings. The Hall–Kier alpha value is -3.68. The van der Waals surface area contributed by atoms with Crippen molar-refractivity contribution in [3.05, 3.63) is 70.2 Å². The first-order valence-corrected chi connectivity index (χ1v) is 9.71. The molecule has 30 heavy (non-hydrogen) atoms. The average molecular weight is 409 g/mol. The van der Waals surface area contributed by atoms with E-state index in [1.165, 1.54) is 0 Å². The van der Waals surface area contributed by atoms with Crippen molar-refractivity contribution in [1.29, 1.82) is 0 Å². The van der Waals surface area contributed by atoms with Gasteiger partial charge >= 0.3 is 11.7 Å². The van der Waals surface area contributed by atoms with Gasteiger partial charge in [-0.2, -0.15) is 4.68 Å². The average Bonchev–Trinajstić information content (AvgIpc) is 3.13. The molecule has 3 rings (SSSR count). The van der Waals surface area contributed by atoms with Gasteiger partial charge in [-0.1, -0.05) is 50.2 Å². The molecule has 0 spiro atoms. The number of hydrogen-bond acceptors (Lipinski definition) is 6. The van der Waals surface area contributed by atoms with Gasteiger partial charge in [-0.3, -0.25) is 9.59 Å². The Kier molecular flexibility index (Phi) is 6.79.